The van der Waals surface area contributed by atoms with Crippen molar-refractivity contribution < 1.29 is 9.90 Å². The highest BCUT2D eigenvalue weighted by Crippen LogP contribution is 2.25. The van der Waals surface area contributed by atoms with Crippen molar-refractivity contribution >= 4 is 17.2 Å². The van der Waals surface area contributed by atoms with Crippen LogP contribution in [-0.4, -0.2) is 35.1 Å². The fourth-order valence-electron chi connectivity index (χ4n) is 2.18. The average Bonchev–Trinajstić information content (AvgIpc) is 2.84. The Hall–Kier alpha value is -0.870. The first-order valence-electron chi connectivity index (χ1n) is 6.10. The summed E-state index contributed by atoms with van der Waals surface area (Å²) in [5.74, 6) is 0.352. The number of amides is 1. The zero-order valence-electron chi connectivity index (χ0n) is 10.3. The summed E-state index contributed by atoms with van der Waals surface area (Å²) in [6, 6.07) is 3.97. The number of aliphatic hydroxyl groups is 1. The third-order valence-electron chi connectivity index (χ3n) is 3.57. The summed E-state index contributed by atoms with van der Waals surface area (Å²) in [5.41, 5.74) is 0. The molecule has 1 aliphatic rings. The smallest absolute Gasteiger partial charge is 0.230 e. The maximum Gasteiger partial charge on any atom is 0.230 e. The maximum atomic E-state index is 12.3. The van der Waals surface area contributed by atoms with Gasteiger partial charge >= 0.3 is 0 Å². The number of carbonyl (C=O) groups is 1. The molecule has 1 saturated heterocycles. The molecule has 0 bridgehead atoms. The number of hydrogen-bond donors (Lipinski definition) is 1. The van der Waals surface area contributed by atoms with E-state index in [1.807, 2.05) is 31.4 Å². The zero-order valence-corrected chi connectivity index (χ0v) is 11.1. The van der Waals surface area contributed by atoms with Crippen LogP contribution in [0.2, 0.25) is 0 Å². The van der Waals surface area contributed by atoms with E-state index in [0.717, 1.165) is 17.8 Å². The number of likely N-dealkylation sites (tertiary alicyclic amines) is 1. The maximum absolute atomic E-state index is 12.3. The van der Waals surface area contributed by atoms with Crippen LogP contribution in [0.25, 0.3) is 0 Å². The third kappa shape index (κ3) is 2.69. The summed E-state index contributed by atoms with van der Waals surface area (Å²) in [6.45, 7) is 5.23. The minimum Gasteiger partial charge on any atom is -0.391 e. The van der Waals surface area contributed by atoms with Crippen LogP contribution in [0.15, 0.2) is 17.5 Å². The fraction of sp³-hybridized carbons (Fsp3) is 0.615. The van der Waals surface area contributed by atoms with Crippen LogP contribution in [0.3, 0.4) is 0 Å². The molecule has 0 saturated carbocycles. The lowest BCUT2D eigenvalue weighted by atomic mass is 9.95. The molecule has 0 aromatic carbocycles. The number of rotatable bonds is 2. The Bertz CT molecular complexity index is 377. The number of thiophene rings is 1. The molecular formula is C13H19NO2S. The van der Waals surface area contributed by atoms with E-state index in [4.69, 9.17) is 0 Å². The van der Waals surface area contributed by atoms with Crippen LogP contribution < -0.4 is 0 Å². The summed E-state index contributed by atoms with van der Waals surface area (Å²) in [5, 5.41) is 11.8. The Morgan fingerprint density at radius 3 is 3.00 bits per heavy atom. The highest BCUT2D eigenvalue weighted by molar-refractivity contribution is 7.10. The molecule has 0 aliphatic carbocycles. The van der Waals surface area contributed by atoms with Gasteiger partial charge in [-0.3, -0.25) is 4.79 Å². The predicted octanol–water partition coefficient (Wildman–Crippen LogP) is 2.08. The van der Waals surface area contributed by atoms with Crippen molar-refractivity contribution in [2.75, 3.05) is 13.1 Å². The van der Waals surface area contributed by atoms with E-state index in [0.29, 0.717) is 12.5 Å². The lowest BCUT2D eigenvalue weighted by Crippen LogP contribution is -2.47. The van der Waals surface area contributed by atoms with Gasteiger partial charge in [0.25, 0.3) is 0 Å². The molecule has 1 aromatic heterocycles. The quantitative estimate of drug-likeness (QED) is 0.876. The Labute approximate surface area is 106 Å². The molecule has 1 aromatic rings. The number of piperidine rings is 1. The minimum atomic E-state index is -0.372. The Morgan fingerprint density at radius 2 is 2.41 bits per heavy atom. The molecule has 1 amide bonds. The molecule has 1 aliphatic heterocycles. The van der Waals surface area contributed by atoms with Gasteiger partial charge in [-0.05, 0) is 30.7 Å². The summed E-state index contributed by atoms with van der Waals surface area (Å²) in [6.07, 6.45) is 0.521. The van der Waals surface area contributed by atoms with Gasteiger partial charge in [-0.25, -0.2) is 0 Å². The van der Waals surface area contributed by atoms with Crippen molar-refractivity contribution in [1.82, 2.24) is 4.90 Å². The molecule has 94 valence electrons. The number of hydrogen-bond acceptors (Lipinski definition) is 3. The van der Waals surface area contributed by atoms with Gasteiger partial charge in [0, 0.05) is 18.0 Å². The third-order valence-corrected chi connectivity index (χ3v) is 4.63. The Kier molecular flexibility index (Phi) is 3.84. The zero-order chi connectivity index (χ0) is 12.4. The first-order chi connectivity index (χ1) is 8.09. The van der Waals surface area contributed by atoms with E-state index in [2.05, 4.69) is 0 Å². The lowest BCUT2D eigenvalue weighted by Gasteiger charge is -2.35. The van der Waals surface area contributed by atoms with Crippen LogP contribution in [-0.2, 0) is 4.79 Å². The van der Waals surface area contributed by atoms with E-state index >= 15 is 0 Å². The first kappa shape index (κ1) is 12.6. The van der Waals surface area contributed by atoms with Gasteiger partial charge in [0.15, 0.2) is 0 Å². The van der Waals surface area contributed by atoms with Crippen LogP contribution >= 0.6 is 11.3 Å². The Balaban J connectivity index is 2.01. The molecule has 3 atom stereocenters. The van der Waals surface area contributed by atoms with Gasteiger partial charge in [-0.1, -0.05) is 13.0 Å². The molecule has 1 fully saturated rings. The predicted molar refractivity (Wildman–Crippen MR) is 69.1 cm³/mol. The number of aliphatic hydroxyl groups excluding tert-OH is 1. The summed E-state index contributed by atoms with van der Waals surface area (Å²) < 4.78 is 0. The minimum absolute atomic E-state index is 0.0874. The molecule has 3 nitrogen and oxygen atoms in total. The lowest BCUT2D eigenvalue weighted by molar-refractivity contribution is -0.136. The molecule has 3 unspecified atom stereocenters. The van der Waals surface area contributed by atoms with Crippen molar-refractivity contribution in [2.45, 2.75) is 32.3 Å². The second-order valence-corrected chi connectivity index (χ2v) is 5.83. The van der Waals surface area contributed by atoms with Crippen molar-refractivity contribution in [1.29, 1.82) is 0 Å². The average molecular weight is 253 g/mol. The molecule has 0 radical (unpaired) electrons. The largest absolute Gasteiger partial charge is 0.391 e. The van der Waals surface area contributed by atoms with E-state index in [9.17, 15) is 9.90 Å². The van der Waals surface area contributed by atoms with Gasteiger partial charge in [0.05, 0.1) is 12.0 Å². The van der Waals surface area contributed by atoms with Crippen LogP contribution in [0.1, 0.15) is 31.1 Å². The molecular weight excluding hydrogens is 234 g/mol. The second kappa shape index (κ2) is 5.19. The number of nitrogens with zero attached hydrogens (tertiary/aromatic N) is 1. The fourth-order valence-corrected chi connectivity index (χ4v) is 2.96. The normalized spacial score (nSPS) is 26.9. The molecule has 4 heteroatoms. The molecule has 1 N–H and O–H groups in total. The number of β-amino-alcohol motifs (C(OH)–C–C–N with tert-alkyl or cyclic N) is 1. The summed E-state index contributed by atoms with van der Waals surface area (Å²) in [7, 11) is 0. The van der Waals surface area contributed by atoms with Crippen LogP contribution in [0, 0.1) is 5.92 Å². The molecule has 0 spiro atoms. The first-order valence-corrected chi connectivity index (χ1v) is 6.98. The monoisotopic (exact) mass is 253 g/mol. The second-order valence-electron chi connectivity index (χ2n) is 4.85. The van der Waals surface area contributed by atoms with Gasteiger partial charge in [-0.2, -0.15) is 0 Å². The van der Waals surface area contributed by atoms with Crippen molar-refractivity contribution in [3.05, 3.63) is 22.4 Å². The van der Waals surface area contributed by atoms with Gasteiger partial charge in [0.1, 0.15) is 0 Å². The highest BCUT2D eigenvalue weighted by atomic mass is 32.1. The highest BCUT2D eigenvalue weighted by Gasteiger charge is 2.30. The van der Waals surface area contributed by atoms with Crippen LogP contribution in [0.4, 0.5) is 0 Å². The molecule has 17 heavy (non-hydrogen) atoms. The Morgan fingerprint density at radius 1 is 1.65 bits per heavy atom. The molecule has 2 heterocycles. The topological polar surface area (TPSA) is 40.5 Å². The SMILES string of the molecule is CC(C(=O)N1CCC(C)C(O)C1)c1cccs1. The van der Waals surface area contributed by atoms with Crippen molar-refractivity contribution in [3.8, 4) is 0 Å². The van der Waals surface area contributed by atoms with Crippen molar-refractivity contribution in [2.24, 2.45) is 5.92 Å². The van der Waals surface area contributed by atoms with Gasteiger partial charge in [-0.15, -0.1) is 11.3 Å². The van der Waals surface area contributed by atoms with Gasteiger partial charge < -0.3 is 10.0 Å². The van der Waals surface area contributed by atoms with Crippen LogP contribution in [0.5, 0.6) is 0 Å². The van der Waals surface area contributed by atoms with E-state index < -0.39 is 0 Å². The summed E-state index contributed by atoms with van der Waals surface area (Å²) in [4.78, 5) is 15.2. The standard InChI is InChI=1S/C13H19NO2S/c1-9-5-6-14(8-11(9)15)13(16)10(2)12-4-3-7-17-12/h3-4,7,9-11,15H,5-6,8H2,1-2H3. The number of carbonyl (C=O) groups excluding carboxylic acids is 1. The van der Waals surface area contributed by atoms with Gasteiger partial charge in [0.2, 0.25) is 5.91 Å². The van der Waals surface area contributed by atoms with E-state index in [1.54, 1.807) is 16.2 Å². The molecule has 2 rings (SSSR count). The van der Waals surface area contributed by atoms with E-state index in [1.165, 1.54) is 0 Å². The van der Waals surface area contributed by atoms with Crippen molar-refractivity contribution in [3.63, 3.8) is 0 Å². The van der Waals surface area contributed by atoms with E-state index in [-0.39, 0.29) is 17.9 Å². The summed E-state index contributed by atoms with van der Waals surface area (Å²) >= 11 is 1.61.